The van der Waals surface area contributed by atoms with Crippen LogP contribution in [-0.4, -0.2) is 15.3 Å². The first-order valence-electron chi connectivity index (χ1n) is 6.77. The quantitative estimate of drug-likeness (QED) is 0.663. The van der Waals surface area contributed by atoms with Crippen molar-refractivity contribution >= 4 is 28.8 Å². The topological polar surface area (TPSA) is 101 Å². The summed E-state index contributed by atoms with van der Waals surface area (Å²) in [7, 11) is 0. The summed E-state index contributed by atoms with van der Waals surface area (Å²) in [6.07, 6.45) is 1.25. The van der Waals surface area contributed by atoms with Gasteiger partial charge in [-0.3, -0.25) is 9.59 Å². The third-order valence-electron chi connectivity index (χ3n) is 3.24. The molecule has 3 aromatic rings. The second kappa shape index (κ2) is 6.40. The van der Waals surface area contributed by atoms with E-state index in [0.29, 0.717) is 0 Å². The summed E-state index contributed by atoms with van der Waals surface area (Å²) >= 11 is 0.746. The van der Waals surface area contributed by atoms with Gasteiger partial charge in [0.15, 0.2) is 11.5 Å². The summed E-state index contributed by atoms with van der Waals surface area (Å²) < 4.78 is 44.0. The highest BCUT2D eigenvalue weighted by Gasteiger charge is 2.22. The van der Waals surface area contributed by atoms with Gasteiger partial charge < -0.3 is 15.4 Å². The van der Waals surface area contributed by atoms with Crippen LogP contribution in [0.15, 0.2) is 35.3 Å². The van der Waals surface area contributed by atoms with E-state index >= 15 is 0 Å². The van der Waals surface area contributed by atoms with Crippen LogP contribution in [0.5, 0.6) is 0 Å². The summed E-state index contributed by atoms with van der Waals surface area (Å²) in [6, 6.07) is 3.71. The van der Waals surface area contributed by atoms with Gasteiger partial charge in [-0.25, -0.2) is 18.2 Å². The molecular weight excluding hydrogens is 357 g/mol. The Balaban J connectivity index is 2.09. The van der Waals surface area contributed by atoms with Gasteiger partial charge in [0.25, 0.3) is 10.6 Å². The predicted octanol–water partition coefficient (Wildman–Crippen LogP) is 2.75. The lowest BCUT2D eigenvalue weighted by Gasteiger charge is -2.10. The van der Waals surface area contributed by atoms with Crippen LogP contribution in [0.3, 0.4) is 0 Å². The van der Waals surface area contributed by atoms with Crippen molar-refractivity contribution in [3.8, 4) is 11.3 Å². The molecule has 0 radical (unpaired) electrons. The van der Waals surface area contributed by atoms with Crippen molar-refractivity contribution in [2.45, 2.75) is 0 Å². The molecule has 0 spiro atoms. The number of nitrogen functional groups attached to an aromatic ring is 1. The van der Waals surface area contributed by atoms with E-state index in [1.165, 1.54) is 6.20 Å². The van der Waals surface area contributed by atoms with Crippen LogP contribution in [0.25, 0.3) is 11.3 Å². The van der Waals surface area contributed by atoms with Gasteiger partial charge in [0.1, 0.15) is 23.0 Å². The zero-order valence-corrected chi connectivity index (χ0v) is 13.1. The summed E-state index contributed by atoms with van der Waals surface area (Å²) in [5, 5.41) is 2.25. The minimum absolute atomic E-state index is 0.0563. The number of aromatic amines is 1. The maximum absolute atomic E-state index is 14.1. The molecule has 0 aliphatic carbocycles. The first-order valence-corrected chi connectivity index (χ1v) is 7.58. The van der Waals surface area contributed by atoms with Crippen LogP contribution in [0.4, 0.5) is 24.5 Å². The molecule has 25 heavy (non-hydrogen) atoms. The Morgan fingerprint density at radius 3 is 2.48 bits per heavy atom. The van der Waals surface area contributed by atoms with Crippen molar-refractivity contribution in [2.24, 2.45) is 0 Å². The monoisotopic (exact) mass is 366 g/mol. The predicted molar refractivity (Wildman–Crippen MR) is 86.9 cm³/mol. The fourth-order valence-corrected chi connectivity index (χ4v) is 2.61. The second-order valence-corrected chi connectivity index (χ2v) is 5.68. The molecule has 1 aromatic carbocycles. The SMILES string of the molecule is Nc1cc(F)c(-c2c(F)cccc2F)nc1C(=O)Nc1c[nH]sc1=O. The average Bonchev–Trinajstić information content (AvgIpc) is 2.94. The number of carbonyl (C=O) groups excluding carboxylic acids is 1. The van der Waals surface area contributed by atoms with Crippen molar-refractivity contribution in [3.63, 3.8) is 0 Å². The molecular formula is C15H9F3N4O2S. The van der Waals surface area contributed by atoms with E-state index in [0.717, 1.165) is 35.8 Å². The van der Waals surface area contributed by atoms with Gasteiger partial charge >= 0.3 is 0 Å². The Labute approximate surface area is 142 Å². The number of aromatic nitrogens is 2. The largest absolute Gasteiger partial charge is 0.397 e. The molecule has 1 amide bonds. The molecule has 0 saturated carbocycles. The Morgan fingerprint density at radius 1 is 1.20 bits per heavy atom. The molecule has 0 aliphatic rings. The third-order valence-corrected chi connectivity index (χ3v) is 3.88. The van der Waals surface area contributed by atoms with Crippen LogP contribution in [-0.2, 0) is 0 Å². The van der Waals surface area contributed by atoms with Crippen molar-refractivity contribution < 1.29 is 18.0 Å². The highest BCUT2D eigenvalue weighted by atomic mass is 32.1. The smallest absolute Gasteiger partial charge is 0.276 e. The van der Waals surface area contributed by atoms with E-state index in [1.807, 2.05) is 0 Å². The van der Waals surface area contributed by atoms with Crippen LogP contribution in [0, 0.1) is 17.5 Å². The fourth-order valence-electron chi connectivity index (χ4n) is 2.11. The minimum Gasteiger partial charge on any atom is -0.397 e. The van der Waals surface area contributed by atoms with E-state index in [1.54, 1.807) is 0 Å². The molecule has 2 aromatic heterocycles. The molecule has 128 valence electrons. The number of nitrogens with one attached hydrogen (secondary N) is 2. The number of amides is 1. The van der Waals surface area contributed by atoms with Crippen molar-refractivity contribution in [1.29, 1.82) is 0 Å². The lowest BCUT2D eigenvalue weighted by molar-refractivity contribution is 0.102. The van der Waals surface area contributed by atoms with E-state index in [-0.39, 0.29) is 11.4 Å². The van der Waals surface area contributed by atoms with Gasteiger partial charge in [0.2, 0.25) is 0 Å². The maximum Gasteiger partial charge on any atom is 0.276 e. The molecule has 10 heteroatoms. The number of anilines is 2. The number of hydrogen-bond donors (Lipinski definition) is 3. The number of halogens is 3. The number of pyridine rings is 1. The van der Waals surface area contributed by atoms with Crippen LogP contribution in [0.2, 0.25) is 0 Å². The van der Waals surface area contributed by atoms with Crippen molar-refractivity contribution in [1.82, 2.24) is 9.36 Å². The normalized spacial score (nSPS) is 10.7. The fraction of sp³-hybridized carbons (Fsp3) is 0. The lowest BCUT2D eigenvalue weighted by atomic mass is 10.1. The third kappa shape index (κ3) is 3.11. The van der Waals surface area contributed by atoms with Crippen molar-refractivity contribution in [2.75, 3.05) is 11.1 Å². The maximum atomic E-state index is 14.1. The zero-order chi connectivity index (χ0) is 18.1. The number of nitrogens with zero attached hydrogens (tertiary/aromatic N) is 1. The van der Waals surface area contributed by atoms with Gasteiger partial charge in [-0.15, -0.1) is 0 Å². The highest BCUT2D eigenvalue weighted by molar-refractivity contribution is 7.03. The summed E-state index contributed by atoms with van der Waals surface area (Å²) in [6.45, 7) is 0. The van der Waals surface area contributed by atoms with E-state index < -0.39 is 45.1 Å². The first kappa shape index (κ1) is 16.7. The van der Waals surface area contributed by atoms with E-state index in [9.17, 15) is 22.8 Å². The number of hydrogen-bond acceptors (Lipinski definition) is 5. The van der Waals surface area contributed by atoms with E-state index in [4.69, 9.17) is 5.73 Å². The Hall–Kier alpha value is -3.14. The van der Waals surface area contributed by atoms with Gasteiger partial charge in [-0.05, 0) is 23.7 Å². The Morgan fingerprint density at radius 2 is 1.88 bits per heavy atom. The molecule has 0 saturated heterocycles. The molecule has 0 fully saturated rings. The molecule has 2 heterocycles. The van der Waals surface area contributed by atoms with E-state index in [2.05, 4.69) is 14.7 Å². The van der Waals surface area contributed by atoms with Gasteiger partial charge in [-0.2, -0.15) is 0 Å². The highest BCUT2D eigenvalue weighted by Crippen LogP contribution is 2.29. The summed E-state index contributed by atoms with van der Waals surface area (Å²) in [5.74, 6) is -4.10. The molecule has 3 rings (SSSR count). The lowest BCUT2D eigenvalue weighted by Crippen LogP contribution is -2.19. The Kier molecular flexibility index (Phi) is 4.28. The zero-order valence-electron chi connectivity index (χ0n) is 12.3. The standard InChI is InChI=1S/C15H9F3N4O2S/c16-6-2-1-3-7(17)11(6)12-8(18)4-9(19)13(22-12)14(23)21-10-5-20-25-15(10)24/h1-5,20H,19H2,(H,21,23). The number of rotatable bonds is 3. The summed E-state index contributed by atoms with van der Waals surface area (Å²) in [5.41, 5.74) is 3.29. The average molecular weight is 366 g/mol. The van der Waals surface area contributed by atoms with Gasteiger partial charge in [0.05, 0.1) is 11.3 Å². The molecule has 0 unspecified atom stereocenters. The van der Waals surface area contributed by atoms with Crippen LogP contribution < -0.4 is 15.8 Å². The number of H-pyrrole nitrogens is 1. The Bertz CT molecular complexity index is 1010. The first-order chi connectivity index (χ1) is 11.9. The van der Waals surface area contributed by atoms with Gasteiger partial charge in [0, 0.05) is 12.3 Å². The molecule has 0 bridgehead atoms. The van der Waals surface area contributed by atoms with Crippen LogP contribution >= 0.6 is 11.5 Å². The molecule has 6 nitrogen and oxygen atoms in total. The van der Waals surface area contributed by atoms with Gasteiger partial charge in [-0.1, -0.05) is 6.07 Å². The number of nitrogens with two attached hydrogens (primary N) is 1. The second-order valence-electron chi connectivity index (χ2n) is 4.87. The molecule has 0 aliphatic heterocycles. The minimum atomic E-state index is -1.09. The molecule has 0 atom stereocenters. The van der Waals surface area contributed by atoms with Crippen molar-refractivity contribution in [3.05, 3.63) is 63.1 Å². The number of benzene rings is 1. The summed E-state index contributed by atoms with van der Waals surface area (Å²) in [4.78, 5) is 27.4. The van der Waals surface area contributed by atoms with Crippen LogP contribution in [0.1, 0.15) is 10.5 Å². The molecule has 4 N–H and O–H groups in total. The number of carbonyl (C=O) groups is 1.